The van der Waals surface area contributed by atoms with Crippen LogP contribution in [-0.2, 0) is 16.6 Å². The molecule has 222 valence electrons. The van der Waals surface area contributed by atoms with E-state index in [2.05, 4.69) is 10.3 Å². The monoisotopic (exact) mass is 591 g/mol. The normalized spacial score (nSPS) is 25.7. The molecule has 1 aliphatic heterocycles. The summed E-state index contributed by atoms with van der Waals surface area (Å²) in [7, 11) is 0. The van der Waals surface area contributed by atoms with E-state index in [4.69, 9.17) is 4.42 Å². The van der Waals surface area contributed by atoms with Gasteiger partial charge in [-0.05, 0) is 68.4 Å². The van der Waals surface area contributed by atoms with Gasteiger partial charge in [0.2, 0.25) is 11.5 Å². The molecule has 0 spiro atoms. The molecule has 2 aromatic carbocycles. The lowest BCUT2D eigenvalue weighted by molar-refractivity contribution is -0.142. The lowest BCUT2D eigenvalue weighted by Crippen LogP contribution is -2.52. The molecule has 2 N–H and O–H groups in total. The average molecular weight is 592 g/mol. The van der Waals surface area contributed by atoms with Gasteiger partial charge in [-0.25, -0.2) is 18.2 Å². The highest BCUT2D eigenvalue weighted by Gasteiger charge is 2.58. The summed E-state index contributed by atoms with van der Waals surface area (Å²) in [5.41, 5.74) is -7.77. The fraction of sp³-hybridized carbons (Fsp3) is 0.467. The maximum Gasteiger partial charge on any atom is 0.416 e. The van der Waals surface area contributed by atoms with Gasteiger partial charge in [0.15, 0.2) is 0 Å². The third-order valence-corrected chi connectivity index (χ3v) is 9.04. The average Bonchev–Trinajstić information content (AvgIpc) is 3.83. The number of carbonyl (C=O) groups is 1. The van der Waals surface area contributed by atoms with E-state index >= 15 is 8.78 Å². The minimum Gasteiger partial charge on any atom is -0.445 e. The fourth-order valence-electron chi connectivity index (χ4n) is 6.76. The van der Waals surface area contributed by atoms with Crippen molar-refractivity contribution in [3.8, 4) is 11.5 Å². The number of carbonyl (C=O) groups excluding carboxylic acids is 1. The number of amides is 1. The maximum absolute atomic E-state index is 15.1. The highest BCUT2D eigenvalue weighted by molar-refractivity contribution is 6.10. The molecule has 1 atom stereocenters. The first-order valence-corrected chi connectivity index (χ1v) is 14.1. The fourth-order valence-corrected chi connectivity index (χ4v) is 6.76. The van der Waals surface area contributed by atoms with Gasteiger partial charge < -0.3 is 19.7 Å². The van der Waals surface area contributed by atoms with Gasteiger partial charge in [-0.3, -0.25) is 4.79 Å². The molecule has 6 nitrogen and oxygen atoms in total. The third kappa shape index (κ3) is 4.50. The highest BCUT2D eigenvalue weighted by atomic mass is 19.4. The van der Waals surface area contributed by atoms with Crippen LogP contribution < -0.4 is 10.2 Å². The Morgan fingerprint density at radius 2 is 1.67 bits per heavy atom. The number of nitrogens with zero attached hydrogens (tertiary/aromatic N) is 2. The number of nitrogens with one attached hydrogen (secondary N) is 1. The van der Waals surface area contributed by atoms with Gasteiger partial charge in [-0.2, -0.15) is 13.2 Å². The summed E-state index contributed by atoms with van der Waals surface area (Å²) in [6.07, 6.45) is 3.35. The van der Waals surface area contributed by atoms with Crippen LogP contribution in [0, 0.1) is 35.2 Å². The molecule has 3 aromatic rings. The van der Waals surface area contributed by atoms with E-state index in [1.165, 1.54) is 37.9 Å². The Bertz CT molecular complexity index is 1510. The van der Waals surface area contributed by atoms with Crippen molar-refractivity contribution in [1.82, 2.24) is 10.3 Å². The minimum absolute atomic E-state index is 0.0827. The second-order valence-corrected chi connectivity index (χ2v) is 12.0. The smallest absolute Gasteiger partial charge is 0.416 e. The minimum atomic E-state index is -5.16. The van der Waals surface area contributed by atoms with Gasteiger partial charge >= 0.3 is 6.18 Å². The van der Waals surface area contributed by atoms with Crippen LogP contribution in [0.2, 0.25) is 0 Å². The van der Waals surface area contributed by atoms with E-state index in [0.29, 0.717) is 36.8 Å². The molecule has 1 aromatic heterocycles. The SMILES string of the molecule is O=C1N(CC2CC(NC(C3CC3)C3CC3)C2)c2cc(-c3ncco3)cc(C(F)(F)F)c2C1(O)c1c(F)cc(F)cc1F. The molecule has 1 unspecified atom stereocenters. The lowest BCUT2D eigenvalue weighted by Gasteiger charge is -2.40. The Balaban J connectivity index is 1.28. The Morgan fingerprint density at radius 3 is 2.21 bits per heavy atom. The zero-order valence-corrected chi connectivity index (χ0v) is 22.2. The lowest BCUT2D eigenvalue weighted by atomic mass is 9.79. The standard InChI is InChI=1S/C30H27F6N3O3/c31-18-11-21(32)25(22(33)12-18)29(41)24-20(30(34,35)36)9-17(27-37-5-6-42-27)10-23(24)39(28(29)40)13-14-7-19(8-14)38-26(15-1-2-15)16-3-4-16/h5-6,9-12,14-16,19,26,38,41H,1-4,7-8,13H2. The molecule has 2 heterocycles. The number of hydrogen-bond donors (Lipinski definition) is 2. The Hall–Kier alpha value is -3.38. The van der Waals surface area contributed by atoms with E-state index < -0.39 is 51.8 Å². The molecule has 0 bridgehead atoms. The van der Waals surface area contributed by atoms with Crippen molar-refractivity contribution >= 4 is 11.6 Å². The van der Waals surface area contributed by atoms with Crippen molar-refractivity contribution < 1.29 is 40.7 Å². The second-order valence-electron chi connectivity index (χ2n) is 12.0. The van der Waals surface area contributed by atoms with Crippen LogP contribution in [0.1, 0.15) is 55.2 Å². The van der Waals surface area contributed by atoms with Crippen molar-refractivity contribution in [3.05, 3.63) is 70.9 Å². The van der Waals surface area contributed by atoms with E-state index in [0.717, 1.165) is 11.2 Å². The largest absolute Gasteiger partial charge is 0.445 e. The van der Waals surface area contributed by atoms with Crippen LogP contribution in [0.25, 0.3) is 11.5 Å². The first-order chi connectivity index (χ1) is 19.9. The van der Waals surface area contributed by atoms with E-state index in [9.17, 15) is 27.5 Å². The molecule has 7 rings (SSSR count). The van der Waals surface area contributed by atoms with Crippen molar-refractivity contribution in [1.29, 1.82) is 0 Å². The van der Waals surface area contributed by atoms with Gasteiger partial charge in [0.05, 0.1) is 23.0 Å². The molecule has 1 amide bonds. The van der Waals surface area contributed by atoms with Gasteiger partial charge in [-0.1, -0.05) is 0 Å². The number of benzene rings is 2. The molecule has 3 saturated carbocycles. The van der Waals surface area contributed by atoms with Crippen LogP contribution in [-0.4, -0.2) is 34.6 Å². The topological polar surface area (TPSA) is 78.6 Å². The predicted octanol–water partition coefficient (Wildman–Crippen LogP) is 5.92. The summed E-state index contributed by atoms with van der Waals surface area (Å²) in [6, 6.07) is 2.89. The van der Waals surface area contributed by atoms with E-state index in [-0.39, 0.29) is 47.8 Å². The summed E-state index contributed by atoms with van der Waals surface area (Å²) < 4.78 is 92.7. The van der Waals surface area contributed by atoms with Crippen LogP contribution >= 0.6 is 0 Å². The number of fused-ring (bicyclic) bond motifs is 1. The van der Waals surface area contributed by atoms with Crippen molar-refractivity contribution in [2.24, 2.45) is 17.8 Å². The van der Waals surface area contributed by atoms with Gasteiger partial charge in [0, 0.05) is 41.9 Å². The first-order valence-electron chi connectivity index (χ1n) is 14.1. The number of aliphatic hydroxyl groups is 1. The summed E-state index contributed by atoms with van der Waals surface area (Å²) in [6.45, 7) is -0.0827. The Morgan fingerprint density at radius 1 is 1.02 bits per heavy atom. The molecule has 3 aliphatic carbocycles. The Kier molecular flexibility index (Phi) is 6.25. The van der Waals surface area contributed by atoms with Crippen LogP contribution in [0.4, 0.5) is 32.0 Å². The zero-order chi connectivity index (χ0) is 29.6. The maximum atomic E-state index is 15.1. The van der Waals surface area contributed by atoms with Gasteiger partial charge in [0.25, 0.3) is 5.91 Å². The summed E-state index contributed by atoms with van der Waals surface area (Å²) in [5.74, 6) is -5.02. The summed E-state index contributed by atoms with van der Waals surface area (Å²) >= 11 is 0. The number of halogens is 6. The third-order valence-electron chi connectivity index (χ3n) is 9.04. The molecule has 0 radical (unpaired) electrons. The van der Waals surface area contributed by atoms with Crippen molar-refractivity contribution in [2.45, 2.75) is 62.4 Å². The van der Waals surface area contributed by atoms with Crippen LogP contribution in [0.15, 0.2) is 41.1 Å². The number of oxazole rings is 1. The molecule has 3 fully saturated rings. The van der Waals surface area contributed by atoms with E-state index in [1.807, 2.05) is 0 Å². The number of rotatable bonds is 8. The Labute approximate surface area is 236 Å². The molecular formula is C30H27F6N3O3. The van der Waals surface area contributed by atoms with Crippen LogP contribution in [0.5, 0.6) is 0 Å². The molecule has 4 aliphatic rings. The van der Waals surface area contributed by atoms with Gasteiger partial charge in [-0.15, -0.1) is 0 Å². The molecule has 42 heavy (non-hydrogen) atoms. The zero-order valence-electron chi connectivity index (χ0n) is 22.2. The molecule has 0 saturated heterocycles. The van der Waals surface area contributed by atoms with Crippen molar-refractivity contribution in [3.63, 3.8) is 0 Å². The van der Waals surface area contributed by atoms with Gasteiger partial charge in [0.1, 0.15) is 23.7 Å². The molecular weight excluding hydrogens is 564 g/mol. The van der Waals surface area contributed by atoms with E-state index in [1.54, 1.807) is 0 Å². The first kappa shape index (κ1) is 27.5. The number of hydrogen-bond acceptors (Lipinski definition) is 5. The number of anilines is 1. The molecule has 12 heteroatoms. The number of aromatic nitrogens is 1. The number of alkyl halides is 3. The highest BCUT2D eigenvalue weighted by Crippen LogP contribution is 2.53. The van der Waals surface area contributed by atoms with Crippen LogP contribution in [0.3, 0.4) is 0 Å². The predicted molar refractivity (Wildman–Crippen MR) is 137 cm³/mol. The van der Waals surface area contributed by atoms with Crippen molar-refractivity contribution in [2.75, 3.05) is 11.4 Å². The summed E-state index contributed by atoms with van der Waals surface area (Å²) in [5, 5.41) is 15.5. The second kappa shape index (κ2) is 9.57. The quantitative estimate of drug-likeness (QED) is 0.318. The summed E-state index contributed by atoms with van der Waals surface area (Å²) in [4.78, 5) is 18.8.